The summed E-state index contributed by atoms with van der Waals surface area (Å²) in [4.78, 5) is 26.4. The third kappa shape index (κ3) is 2.86. The summed E-state index contributed by atoms with van der Waals surface area (Å²) in [5.74, 6) is -2.21. The normalized spacial score (nSPS) is 16.4. The van der Waals surface area contributed by atoms with Gasteiger partial charge in [0.1, 0.15) is 0 Å². The van der Waals surface area contributed by atoms with Gasteiger partial charge in [0.15, 0.2) is 0 Å². The van der Waals surface area contributed by atoms with Gasteiger partial charge in [0, 0.05) is 19.1 Å². The Hall–Kier alpha value is -1.63. The van der Waals surface area contributed by atoms with Crippen LogP contribution in [0.1, 0.15) is 25.7 Å². The Morgan fingerprint density at radius 3 is 2.68 bits per heavy atom. The molecule has 1 fully saturated rings. The van der Waals surface area contributed by atoms with Crippen molar-refractivity contribution in [3.63, 3.8) is 0 Å². The Labute approximate surface area is 109 Å². The van der Waals surface area contributed by atoms with Gasteiger partial charge in [0.25, 0.3) is 5.56 Å². The first-order valence-corrected chi connectivity index (χ1v) is 6.42. The number of likely N-dealkylation sites (N-methyl/N-ethyl adjacent to an activating group) is 1. The smallest absolute Gasteiger partial charge is 0.331 e. The SMILES string of the molecule is CN(CCn1c(O)c(F)c(=O)[nH]c1=O)C1CCCC1. The summed E-state index contributed by atoms with van der Waals surface area (Å²) in [5.41, 5.74) is -1.98. The highest BCUT2D eigenvalue weighted by molar-refractivity contribution is 5.09. The predicted octanol–water partition coefficient (Wildman–Crippen LogP) is 0.256. The predicted molar refractivity (Wildman–Crippen MR) is 67.8 cm³/mol. The Balaban J connectivity index is 2.09. The molecule has 1 aromatic rings. The van der Waals surface area contributed by atoms with Crippen LogP contribution in [0.5, 0.6) is 5.88 Å². The number of H-pyrrole nitrogens is 1. The fraction of sp³-hybridized carbons (Fsp3) is 0.667. The number of rotatable bonds is 4. The average Bonchev–Trinajstić information content (AvgIpc) is 2.89. The standard InChI is InChI=1S/C12H18FN3O3/c1-15(8-4-2-3-5-8)6-7-16-11(18)9(13)10(17)14-12(16)19/h8,18H,2-7H2,1H3,(H,14,17,19). The molecule has 2 N–H and O–H groups in total. The quantitative estimate of drug-likeness (QED) is 0.823. The van der Waals surface area contributed by atoms with Crippen LogP contribution in [-0.2, 0) is 6.54 Å². The maximum absolute atomic E-state index is 13.2. The second-order valence-corrected chi connectivity index (χ2v) is 4.97. The summed E-state index contributed by atoms with van der Waals surface area (Å²) < 4.78 is 14.1. The maximum atomic E-state index is 13.2. The summed E-state index contributed by atoms with van der Waals surface area (Å²) in [6.07, 6.45) is 4.65. The van der Waals surface area contributed by atoms with Gasteiger partial charge in [-0.3, -0.25) is 14.3 Å². The van der Waals surface area contributed by atoms with Crippen molar-refractivity contribution in [3.8, 4) is 5.88 Å². The molecule has 0 radical (unpaired) electrons. The van der Waals surface area contributed by atoms with Crippen molar-refractivity contribution in [2.24, 2.45) is 0 Å². The third-order valence-corrected chi connectivity index (χ3v) is 3.74. The van der Waals surface area contributed by atoms with Gasteiger partial charge in [0.2, 0.25) is 11.7 Å². The number of aromatic nitrogens is 2. The number of hydrogen-bond donors (Lipinski definition) is 2. The average molecular weight is 271 g/mol. The zero-order valence-electron chi connectivity index (χ0n) is 10.9. The molecule has 0 unspecified atom stereocenters. The number of aromatic amines is 1. The summed E-state index contributed by atoms with van der Waals surface area (Å²) in [6, 6.07) is 0.477. The molecular weight excluding hydrogens is 253 g/mol. The zero-order chi connectivity index (χ0) is 14.0. The van der Waals surface area contributed by atoms with Gasteiger partial charge in [-0.25, -0.2) is 4.79 Å². The van der Waals surface area contributed by atoms with Gasteiger partial charge < -0.3 is 10.0 Å². The summed E-state index contributed by atoms with van der Waals surface area (Å²) in [7, 11) is 1.94. The van der Waals surface area contributed by atoms with Crippen molar-refractivity contribution in [2.75, 3.05) is 13.6 Å². The van der Waals surface area contributed by atoms with Crippen molar-refractivity contribution >= 4 is 0 Å². The zero-order valence-corrected chi connectivity index (χ0v) is 10.9. The highest BCUT2D eigenvalue weighted by Crippen LogP contribution is 2.22. The first-order valence-electron chi connectivity index (χ1n) is 6.42. The minimum atomic E-state index is -1.32. The molecule has 106 valence electrons. The number of nitrogens with one attached hydrogen (secondary N) is 1. The lowest BCUT2D eigenvalue weighted by atomic mass is 10.2. The van der Waals surface area contributed by atoms with Crippen LogP contribution < -0.4 is 11.2 Å². The summed E-state index contributed by atoms with van der Waals surface area (Å²) >= 11 is 0. The van der Waals surface area contributed by atoms with Crippen molar-refractivity contribution in [3.05, 3.63) is 26.7 Å². The second-order valence-electron chi connectivity index (χ2n) is 4.97. The maximum Gasteiger partial charge on any atom is 0.331 e. The van der Waals surface area contributed by atoms with E-state index in [0.717, 1.165) is 17.4 Å². The van der Waals surface area contributed by atoms with Gasteiger partial charge in [-0.2, -0.15) is 4.39 Å². The van der Waals surface area contributed by atoms with E-state index in [4.69, 9.17) is 0 Å². The number of aromatic hydroxyl groups is 1. The molecule has 0 saturated heterocycles. The van der Waals surface area contributed by atoms with E-state index in [-0.39, 0.29) is 6.54 Å². The Morgan fingerprint density at radius 2 is 2.05 bits per heavy atom. The van der Waals surface area contributed by atoms with Gasteiger partial charge in [-0.15, -0.1) is 0 Å². The van der Waals surface area contributed by atoms with E-state index < -0.39 is 22.9 Å². The van der Waals surface area contributed by atoms with Gasteiger partial charge in [-0.05, 0) is 19.9 Å². The molecule has 19 heavy (non-hydrogen) atoms. The molecular formula is C12H18FN3O3. The van der Waals surface area contributed by atoms with Crippen molar-refractivity contribution in [2.45, 2.75) is 38.3 Å². The minimum Gasteiger partial charge on any atom is -0.492 e. The highest BCUT2D eigenvalue weighted by atomic mass is 19.1. The van der Waals surface area contributed by atoms with Crippen LogP contribution in [0.15, 0.2) is 9.59 Å². The topological polar surface area (TPSA) is 78.3 Å². The first kappa shape index (κ1) is 13.8. The van der Waals surface area contributed by atoms with Crippen molar-refractivity contribution < 1.29 is 9.50 Å². The van der Waals surface area contributed by atoms with Gasteiger partial charge >= 0.3 is 5.69 Å². The summed E-state index contributed by atoms with van der Waals surface area (Å²) in [5, 5.41) is 9.49. The second kappa shape index (κ2) is 5.56. The molecule has 7 heteroatoms. The lowest BCUT2D eigenvalue weighted by Crippen LogP contribution is -2.37. The lowest BCUT2D eigenvalue weighted by molar-refractivity contribution is 0.228. The minimum absolute atomic E-state index is 0.144. The fourth-order valence-corrected chi connectivity index (χ4v) is 2.53. The van der Waals surface area contributed by atoms with E-state index in [1.54, 1.807) is 0 Å². The molecule has 1 aliphatic carbocycles. The molecule has 1 heterocycles. The van der Waals surface area contributed by atoms with Crippen molar-refractivity contribution in [1.29, 1.82) is 0 Å². The highest BCUT2D eigenvalue weighted by Gasteiger charge is 2.20. The Bertz CT molecular complexity index is 560. The monoisotopic (exact) mass is 271 g/mol. The molecule has 1 aliphatic rings. The van der Waals surface area contributed by atoms with E-state index in [2.05, 4.69) is 4.90 Å². The van der Waals surface area contributed by atoms with Crippen molar-refractivity contribution in [1.82, 2.24) is 14.5 Å². The molecule has 1 saturated carbocycles. The third-order valence-electron chi connectivity index (χ3n) is 3.74. The molecule has 0 bridgehead atoms. The number of halogens is 1. The van der Waals surface area contributed by atoms with E-state index in [9.17, 15) is 19.1 Å². The molecule has 1 aromatic heterocycles. The van der Waals surface area contributed by atoms with Crippen LogP contribution in [0.3, 0.4) is 0 Å². The molecule has 0 aliphatic heterocycles. The molecule has 6 nitrogen and oxygen atoms in total. The number of nitrogens with zero attached hydrogens (tertiary/aromatic N) is 2. The van der Waals surface area contributed by atoms with E-state index in [1.807, 2.05) is 12.0 Å². The van der Waals surface area contributed by atoms with Crippen LogP contribution >= 0.6 is 0 Å². The Morgan fingerprint density at radius 1 is 1.42 bits per heavy atom. The van der Waals surface area contributed by atoms with Crippen LogP contribution in [0.4, 0.5) is 4.39 Å². The molecule has 2 rings (SSSR count). The van der Waals surface area contributed by atoms with Crippen LogP contribution in [0, 0.1) is 5.82 Å². The van der Waals surface area contributed by atoms with E-state index in [0.29, 0.717) is 12.6 Å². The molecule has 0 atom stereocenters. The number of hydrogen-bond acceptors (Lipinski definition) is 4. The van der Waals surface area contributed by atoms with Crippen LogP contribution in [-0.4, -0.2) is 39.2 Å². The van der Waals surface area contributed by atoms with Gasteiger partial charge in [-0.1, -0.05) is 12.8 Å². The molecule has 0 amide bonds. The lowest BCUT2D eigenvalue weighted by Gasteiger charge is -2.24. The van der Waals surface area contributed by atoms with Gasteiger partial charge in [0.05, 0.1) is 0 Å². The first-order chi connectivity index (χ1) is 9.00. The van der Waals surface area contributed by atoms with E-state index in [1.165, 1.54) is 12.8 Å². The van der Waals surface area contributed by atoms with E-state index >= 15 is 0 Å². The van der Waals surface area contributed by atoms with Crippen LogP contribution in [0.25, 0.3) is 0 Å². The largest absolute Gasteiger partial charge is 0.492 e. The Kier molecular flexibility index (Phi) is 4.04. The molecule has 0 spiro atoms. The summed E-state index contributed by atoms with van der Waals surface area (Å²) in [6.45, 7) is 0.662. The molecule has 0 aromatic carbocycles. The van der Waals surface area contributed by atoms with Crippen LogP contribution in [0.2, 0.25) is 0 Å². The fourth-order valence-electron chi connectivity index (χ4n) is 2.53.